The molecular weight excluding hydrogens is 574 g/mol. The van der Waals surface area contributed by atoms with Gasteiger partial charge in [0.15, 0.2) is 0 Å². The van der Waals surface area contributed by atoms with Crippen LogP contribution < -0.4 is 15.5 Å². The maximum absolute atomic E-state index is 13.3. The summed E-state index contributed by atoms with van der Waals surface area (Å²) >= 11 is 2.61. The van der Waals surface area contributed by atoms with Crippen LogP contribution in [0.15, 0.2) is 107 Å². The summed E-state index contributed by atoms with van der Waals surface area (Å²) in [7, 11) is 0. The van der Waals surface area contributed by atoms with Crippen LogP contribution in [0.3, 0.4) is 0 Å². The molecule has 3 aromatic carbocycles. The lowest BCUT2D eigenvalue weighted by Crippen LogP contribution is -2.31. The minimum absolute atomic E-state index is 0.0278. The average Bonchev–Trinajstić information content (AvgIpc) is 3.60. The van der Waals surface area contributed by atoms with E-state index in [1.54, 1.807) is 60.7 Å². The van der Waals surface area contributed by atoms with Crippen molar-refractivity contribution in [1.82, 2.24) is 5.32 Å². The van der Waals surface area contributed by atoms with Crippen molar-refractivity contribution >= 4 is 70.1 Å². The molecule has 11 heteroatoms. The third-order valence-electron chi connectivity index (χ3n) is 6.21. The van der Waals surface area contributed by atoms with Gasteiger partial charge < -0.3 is 15.7 Å². The first kappa shape index (κ1) is 28.5. The highest BCUT2D eigenvalue weighted by Crippen LogP contribution is 2.35. The number of carboxylic acid groups (broad SMARTS) is 1. The Labute approximate surface area is 248 Å². The van der Waals surface area contributed by atoms with Gasteiger partial charge in [-0.05, 0) is 72.1 Å². The van der Waals surface area contributed by atoms with Crippen molar-refractivity contribution < 1.29 is 29.1 Å². The number of carboxylic acids is 1. The van der Waals surface area contributed by atoms with E-state index < -0.39 is 28.9 Å². The summed E-state index contributed by atoms with van der Waals surface area (Å²) in [6, 6.07) is 24.6. The average molecular weight is 598 g/mol. The number of benzene rings is 3. The third-order valence-corrected chi connectivity index (χ3v) is 8.20. The Morgan fingerprint density at radius 3 is 2.36 bits per heavy atom. The van der Waals surface area contributed by atoms with Crippen molar-refractivity contribution in [2.24, 2.45) is 0 Å². The molecule has 4 amide bonds. The molecule has 1 unspecified atom stereocenters. The van der Waals surface area contributed by atoms with Crippen LogP contribution in [-0.4, -0.2) is 40.0 Å². The number of aromatic carboxylic acids is 1. The second-order valence-electron chi connectivity index (χ2n) is 9.11. The zero-order valence-corrected chi connectivity index (χ0v) is 23.5. The molecule has 0 aliphatic carbocycles. The molecule has 1 atom stereocenters. The van der Waals surface area contributed by atoms with E-state index in [4.69, 9.17) is 5.11 Å². The normalized spacial score (nSPS) is 15.0. The maximum atomic E-state index is 13.3. The number of thioether (sulfide) groups is 1. The van der Waals surface area contributed by atoms with E-state index in [9.17, 15) is 24.0 Å². The van der Waals surface area contributed by atoms with E-state index >= 15 is 0 Å². The van der Waals surface area contributed by atoms with Crippen LogP contribution in [0.1, 0.15) is 32.0 Å². The molecule has 1 aliphatic heterocycles. The van der Waals surface area contributed by atoms with Gasteiger partial charge in [0.2, 0.25) is 11.8 Å². The summed E-state index contributed by atoms with van der Waals surface area (Å²) in [6.07, 6.45) is 1.57. The van der Waals surface area contributed by atoms with Gasteiger partial charge in [0.1, 0.15) is 5.70 Å². The summed E-state index contributed by atoms with van der Waals surface area (Å²) in [5, 5.41) is 15.8. The van der Waals surface area contributed by atoms with Crippen LogP contribution >= 0.6 is 23.1 Å². The van der Waals surface area contributed by atoms with E-state index in [0.717, 1.165) is 9.78 Å². The first-order chi connectivity index (χ1) is 20.3. The molecule has 1 aliphatic rings. The number of nitrogens with one attached hydrogen (secondary N) is 2. The summed E-state index contributed by atoms with van der Waals surface area (Å²) in [6.45, 7) is 0. The van der Waals surface area contributed by atoms with Crippen molar-refractivity contribution in [2.45, 2.75) is 16.6 Å². The largest absolute Gasteiger partial charge is 0.478 e. The van der Waals surface area contributed by atoms with Crippen molar-refractivity contribution in [1.29, 1.82) is 0 Å². The Hall–Kier alpha value is -5.00. The molecule has 3 N–H and O–H groups in total. The molecule has 5 rings (SSSR count). The quantitative estimate of drug-likeness (QED) is 0.177. The zero-order chi connectivity index (χ0) is 29.6. The molecule has 42 heavy (non-hydrogen) atoms. The highest BCUT2D eigenvalue weighted by molar-refractivity contribution is 8.00. The fourth-order valence-electron chi connectivity index (χ4n) is 4.19. The van der Waals surface area contributed by atoms with Gasteiger partial charge in [-0.2, -0.15) is 0 Å². The molecule has 0 radical (unpaired) electrons. The lowest BCUT2D eigenvalue weighted by molar-refractivity contribution is -0.121. The Bertz CT molecular complexity index is 1690. The van der Waals surface area contributed by atoms with Crippen molar-refractivity contribution in [3.63, 3.8) is 0 Å². The fraction of sp³-hybridized carbons (Fsp3) is 0.0645. The van der Waals surface area contributed by atoms with Gasteiger partial charge in [-0.15, -0.1) is 23.1 Å². The molecule has 2 heterocycles. The van der Waals surface area contributed by atoms with Crippen molar-refractivity contribution in [2.75, 3.05) is 10.2 Å². The number of anilines is 2. The molecule has 9 nitrogen and oxygen atoms in total. The van der Waals surface area contributed by atoms with Gasteiger partial charge in [-0.25, -0.2) is 9.69 Å². The first-order valence-corrected chi connectivity index (χ1v) is 14.4. The lowest BCUT2D eigenvalue weighted by Gasteiger charge is -2.15. The van der Waals surface area contributed by atoms with Crippen LogP contribution in [-0.2, 0) is 14.4 Å². The Morgan fingerprint density at radius 2 is 1.67 bits per heavy atom. The molecule has 0 spiro atoms. The Morgan fingerprint density at radius 1 is 0.905 bits per heavy atom. The summed E-state index contributed by atoms with van der Waals surface area (Å²) in [5.41, 5.74) is 1.26. The fourth-order valence-corrected chi connectivity index (χ4v) is 5.96. The molecule has 1 aromatic heterocycles. The highest BCUT2D eigenvalue weighted by atomic mass is 32.2. The number of rotatable bonds is 9. The van der Waals surface area contributed by atoms with E-state index in [0.29, 0.717) is 21.8 Å². The molecule has 4 aromatic rings. The van der Waals surface area contributed by atoms with Gasteiger partial charge in [0.25, 0.3) is 11.8 Å². The van der Waals surface area contributed by atoms with Crippen LogP contribution in [0.2, 0.25) is 0 Å². The molecule has 1 saturated heterocycles. The number of hydrogen-bond acceptors (Lipinski definition) is 7. The second-order valence-corrected chi connectivity index (χ2v) is 11.4. The molecule has 0 bridgehead atoms. The number of carbonyl (C=O) groups is 5. The number of amides is 4. The van der Waals surface area contributed by atoms with Gasteiger partial charge in [0.05, 0.1) is 16.5 Å². The van der Waals surface area contributed by atoms with Crippen LogP contribution in [0.4, 0.5) is 11.4 Å². The monoisotopic (exact) mass is 597 g/mol. The number of hydrogen-bond donors (Lipinski definition) is 3. The third kappa shape index (κ3) is 6.65. The Balaban J connectivity index is 1.29. The predicted molar refractivity (Wildman–Crippen MR) is 161 cm³/mol. The van der Waals surface area contributed by atoms with E-state index in [1.807, 2.05) is 17.5 Å². The van der Waals surface area contributed by atoms with Gasteiger partial charge in [-0.3, -0.25) is 19.2 Å². The standard InChI is InChI=1S/C31H23N3O6S2/c35-27-18-26(30(38)34(27)22-13-11-20(12-14-22)31(39)40)42-24-9-4-8-21(16-24)32-29(37)25(17-23-10-5-15-41-23)33-28(36)19-6-2-1-3-7-19/h1-17,26H,18H2,(H,32,37)(H,33,36)(H,39,40). The number of carbonyl (C=O) groups excluding carboxylic acids is 4. The molecule has 1 fully saturated rings. The molecule has 210 valence electrons. The number of thiophene rings is 1. The summed E-state index contributed by atoms with van der Waals surface area (Å²) < 4.78 is 0. The lowest BCUT2D eigenvalue weighted by atomic mass is 10.2. The first-order valence-electron chi connectivity index (χ1n) is 12.7. The molecule has 0 saturated carbocycles. The van der Waals surface area contributed by atoms with Crippen molar-refractivity contribution in [3.8, 4) is 0 Å². The summed E-state index contributed by atoms with van der Waals surface area (Å²) in [4.78, 5) is 65.5. The van der Waals surface area contributed by atoms with Gasteiger partial charge in [-0.1, -0.05) is 30.3 Å². The van der Waals surface area contributed by atoms with Gasteiger partial charge in [0, 0.05) is 27.4 Å². The summed E-state index contributed by atoms with van der Waals surface area (Å²) in [5.74, 6) is -2.86. The number of nitrogens with zero attached hydrogens (tertiary/aromatic N) is 1. The van der Waals surface area contributed by atoms with E-state index in [1.165, 1.54) is 47.4 Å². The second kappa shape index (κ2) is 12.7. The van der Waals surface area contributed by atoms with E-state index in [-0.39, 0.29) is 23.6 Å². The SMILES string of the molecule is O=C(Nc1cccc(SC2CC(=O)N(c3ccc(C(=O)O)cc3)C2=O)c1)C(=Cc1cccs1)NC(=O)c1ccccc1. The minimum atomic E-state index is -1.10. The highest BCUT2D eigenvalue weighted by Gasteiger charge is 2.40. The van der Waals surface area contributed by atoms with Gasteiger partial charge >= 0.3 is 5.97 Å². The number of imide groups is 1. The minimum Gasteiger partial charge on any atom is -0.478 e. The maximum Gasteiger partial charge on any atom is 0.335 e. The topological polar surface area (TPSA) is 133 Å². The van der Waals surface area contributed by atoms with Crippen LogP contribution in [0, 0.1) is 0 Å². The molecular formula is C31H23N3O6S2. The van der Waals surface area contributed by atoms with Crippen LogP contribution in [0.5, 0.6) is 0 Å². The smallest absolute Gasteiger partial charge is 0.335 e. The van der Waals surface area contributed by atoms with Crippen LogP contribution in [0.25, 0.3) is 6.08 Å². The zero-order valence-electron chi connectivity index (χ0n) is 21.9. The van der Waals surface area contributed by atoms with E-state index in [2.05, 4.69) is 10.6 Å². The Kier molecular flexibility index (Phi) is 8.60. The van der Waals surface area contributed by atoms with Crippen molar-refractivity contribution in [3.05, 3.63) is 118 Å². The predicted octanol–water partition coefficient (Wildman–Crippen LogP) is 5.28.